The summed E-state index contributed by atoms with van der Waals surface area (Å²) in [7, 11) is 0. The molecule has 0 spiro atoms. The third kappa shape index (κ3) is 3.09. The molecule has 0 aliphatic rings. The third-order valence-electron chi connectivity index (χ3n) is 4.98. The smallest absolute Gasteiger partial charge is 0.306 e. The number of hydrogen-bond donors (Lipinski definition) is 1. The summed E-state index contributed by atoms with van der Waals surface area (Å²) in [5.41, 5.74) is 1.49. The van der Waals surface area contributed by atoms with Crippen LogP contribution in [0.15, 0.2) is 82.6 Å². The summed E-state index contributed by atoms with van der Waals surface area (Å²) in [5, 5.41) is 3.01. The molecular formula is C23H13Cl2N3O2. The summed E-state index contributed by atoms with van der Waals surface area (Å²) in [5.74, 6) is 0. The molecule has 0 fully saturated rings. The Hall–Kier alpha value is -3.41. The first-order valence-corrected chi connectivity index (χ1v) is 9.85. The Balaban J connectivity index is 1.75. The van der Waals surface area contributed by atoms with Gasteiger partial charge in [-0.15, -0.1) is 0 Å². The molecule has 0 aliphatic carbocycles. The molecule has 5 rings (SSSR count). The maximum atomic E-state index is 13.2. The van der Waals surface area contributed by atoms with E-state index in [4.69, 9.17) is 23.2 Å². The number of aromatic amines is 1. The first kappa shape index (κ1) is 18.6. The number of halogens is 2. The van der Waals surface area contributed by atoms with Crippen molar-refractivity contribution in [3.63, 3.8) is 0 Å². The molecule has 3 aromatic carbocycles. The number of nitrogens with zero attached hydrogens (tertiary/aromatic N) is 2. The maximum Gasteiger partial charge on any atom is 0.333 e. The Labute approximate surface area is 180 Å². The molecule has 0 unspecified atom stereocenters. The Bertz CT molecular complexity index is 1550. The average Bonchev–Trinajstić information content (AvgIpc) is 2.73. The van der Waals surface area contributed by atoms with Crippen LogP contribution in [0.5, 0.6) is 0 Å². The molecule has 0 radical (unpaired) electrons. The van der Waals surface area contributed by atoms with Crippen molar-refractivity contribution in [3.8, 4) is 16.8 Å². The zero-order valence-corrected chi connectivity index (χ0v) is 16.9. The molecule has 1 N–H and O–H groups in total. The fourth-order valence-corrected chi connectivity index (χ4v) is 4.14. The highest BCUT2D eigenvalue weighted by Crippen LogP contribution is 2.28. The summed E-state index contributed by atoms with van der Waals surface area (Å²) in [6.07, 6.45) is 3.22. The molecule has 0 saturated carbocycles. The van der Waals surface area contributed by atoms with Crippen LogP contribution in [0.1, 0.15) is 0 Å². The van der Waals surface area contributed by atoms with Gasteiger partial charge in [-0.2, -0.15) is 0 Å². The fraction of sp³-hybridized carbons (Fsp3) is 0. The monoisotopic (exact) mass is 433 g/mol. The van der Waals surface area contributed by atoms with Crippen LogP contribution in [0.3, 0.4) is 0 Å². The van der Waals surface area contributed by atoms with Gasteiger partial charge in [0.2, 0.25) is 0 Å². The normalized spacial score (nSPS) is 11.3. The summed E-state index contributed by atoms with van der Waals surface area (Å²) in [4.78, 5) is 33.1. The Morgan fingerprint density at radius 1 is 0.800 bits per heavy atom. The quantitative estimate of drug-likeness (QED) is 0.415. The van der Waals surface area contributed by atoms with Crippen molar-refractivity contribution in [3.05, 3.63) is 104 Å². The number of rotatable bonds is 2. The second kappa shape index (κ2) is 7.13. The van der Waals surface area contributed by atoms with Gasteiger partial charge in [0.15, 0.2) is 0 Å². The van der Waals surface area contributed by atoms with E-state index < -0.39 is 11.2 Å². The van der Waals surface area contributed by atoms with Gasteiger partial charge in [-0.25, -0.2) is 9.36 Å². The van der Waals surface area contributed by atoms with E-state index in [1.54, 1.807) is 42.6 Å². The van der Waals surface area contributed by atoms with Crippen molar-refractivity contribution in [1.29, 1.82) is 0 Å². The van der Waals surface area contributed by atoms with E-state index >= 15 is 0 Å². The van der Waals surface area contributed by atoms with Gasteiger partial charge < -0.3 is 4.98 Å². The van der Waals surface area contributed by atoms with Gasteiger partial charge in [-0.05, 0) is 41.5 Å². The van der Waals surface area contributed by atoms with Crippen LogP contribution >= 0.6 is 23.2 Å². The highest BCUT2D eigenvalue weighted by Gasteiger charge is 2.13. The molecule has 146 valence electrons. The van der Waals surface area contributed by atoms with Crippen molar-refractivity contribution in [2.24, 2.45) is 0 Å². The second-order valence-electron chi connectivity index (χ2n) is 6.87. The zero-order chi connectivity index (χ0) is 20.8. The molecule has 0 atom stereocenters. The molecule has 5 aromatic rings. The van der Waals surface area contributed by atoms with Crippen LogP contribution in [0.25, 0.3) is 38.5 Å². The zero-order valence-electron chi connectivity index (χ0n) is 15.4. The van der Waals surface area contributed by atoms with Gasteiger partial charge >= 0.3 is 5.69 Å². The SMILES string of the molecule is O=c1[nH]c2cc(-c3cc(Cl)cc(Cl)c3)ccc2c(=O)n1-c1cncc2ccccc12. The van der Waals surface area contributed by atoms with Crippen molar-refractivity contribution in [1.82, 2.24) is 14.5 Å². The number of pyridine rings is 1. The van der Waals surface area contributed by atoms with Crippen LogP contribution in [-0.2, 0) is 0 Å². The van der Waals surface area contributed by atoms with Gasteiger partial charge in [0.1, 0.15) is 0 Å². The predicted molar refractivity (Wildman–Crippen MR) is 121 cm³/mol. The first-order chi connectivity index (χ1) is 14.5. The van der Waals surface area contributed by atoms with Crippen LogP contribution in [0.2, 0.25) is 10.0 Å². The lowest BCUT2D eigenvalue weighted by Crippen LogP contribution is -2.33. The molecule has 0 aliphatic heterocycles. The second-order valence-corrected chi connectivity index (χ2v) is 7.74. The van der Waals surface area contributed by atoms with E-state index in [2.05, 4.69) is 9.97 Å². The molecule has 2 aromatic heterocycles. The molecule has 0 amide bonds. The van der Waals surface area contributed by atoms with Crippen molar-refractivity contribution in [2.45, 2.75) is 0 Å². The number of hydrogen-bond acceptors (Lipinski definition) is 3. The fourth-order valence-electron chi connectivity index (χ4n) is 3.62. The van der Waals surface area contributed by atoms with Crippen LogP contribution in [-0.4, -0.2) is 14.5 Å². The van der Waals surface area contributed by atoms with E-state index in [0.29, 0.717) is 26.6 Å². The van der Waals surface area contributed by atoms with Crippen molar-refractivity contribution in [2.75, 3.05) is 0 Å². The van der Waals surface area contributed by atoms with Crippen molar-refractivity contribution >= 4 is 44.9 Å². The molecule has 7 heteroatoms. The highest BCUT2D eigenvalue weighted by atomic mass is 35.5. The lowest BCUT2D eigenvalue weighted by molar-refractivity contribution is 0.902. The lowest BCUT2D eigenvalue weighted by Gasteiger charge is -2.10. The average molecular weight is 434 g/mol. The predicted octanol–water partition coefficient (Wildman–Crippen LogP) is 5.20. The largest absolute Gasteiger partial charge is 0.333 e. The van der Waals surface area contributed by atoms with E-state index in [1.807, 2.05) is 24.3 Å². The van der Waals surface area contributed by atoms with E-state index in [-0.39, 0.29) is 0 Å². The summed E-state index contributed by atoms with van der Waals surface area (Å²) < 4.78 is 1.12. The van der Waals surface area contributed by atoms with E-state index in [9.17, 15) is 9.59 Å². The van der Waals surface area contributed by atoms with Gasteiger partial charge in [0.25, 0.3) is 5.56 Å². The molecule has 0 saturated heterocycles. The minimum Gasteiger partial charge on any atom is -0.306 e. The number of benzene rings is 3. The van der Waals surface area contributed by atoms with Crippen LogP contribution in [0.4, 0.5) is 0 Å². The van der Waals surface area contributed by atoms with Crippen LogP contribution in [0, 0.1) is 0 Å². The summed E-state index contributed by atoms with van der Waals surface area (Å²) in [6, 6.07) is 17.9. The molecule has 0 bridgehead atoms. The number of fused-ring (bicyclic) bond motifs is 2. The summed E-state index contributed by atoms with van der Waals surface area (Å²) in [6.45, 7) is 0. The molecule has 2 heterocycles. The first-order valence-electron chi connectivity index (χ1n) is 9.10. The van der Waals surface area contributed by atoms with Gasteiger partial charge in [0.05, 0.1) is 22.8 Å². The molecule has 5 nitrogen and oxygen atoms in total. The minimum absolute atomic E-state index is 0.388. The number of aromatic nitrogens is 3. The number of H-pyrrole nitrogens is 1. The topological polar surface area (TPSA) is 67.8 Å². The van der Waals surface area contributed by atoms with Gasteiger partial charge in [0, 0.05) is 27.0 Å². The van der Waals surface area contributed by atoms with Crippen molar-refractivity contribution < 1.29 is 0 Å². The maximum absolute atomic E-state index is 13.2. The Morgan fingerprint density at radius 3 is 2.37 bits per heavy atom. The number of nitrogens with one attached hydrogen (secondary N) is 1. The third-order valence-corrected chi connectivity index (χ3v) is 5.42. The van der Waals surface area contributed by atoms with Gasteiger partial charge in [-0.1, -0.05) is 53.5 Å². The highest BCUT2D eigenvalue weighted by molar-refractivity contribution is 6.35. The Kier molecular flexibility index (Phi) is 4.42. The minimum atomic E-state index is -0.535. The summed E-state index contributed by atoms with van der Waals surface area (Å²) >= 11 is 12.2. The van der Waals surface area contributed by atoms with E-state index in [0.717, 1.165) is 26.5 Å². The van der Waals surface area contributed by atoms with E-state index in [1.165, 1.54) is 6.20 Å². The van der Waals surface area contributed by atoms with Gasteiger partial charge in [-0.3, -0.25) is 9.78 Å². The Morgan fingerprint density at radius 2 is 1.57 bits per heavy atom. The van der Waals surface area contributed by atoms with Crippen LogP contribution < -0.4 is 11.2 Å². The lowest BCUT2D eigenvalue weighted by atomic mass is 10.0. The standard InChI is InChI=1S/C23H13Cl2N3O2/c24-16-7-15(8-17(25)10-16)13-5-6-19-20(9-13)27-23(30)28(22(19)29)21-12-26-11-14-3-1-2-4-18(14)21/h1-12H,(H,27,30). The molecule has 30 heavy (non-hydrogen) atoms. The molecular weight excluding hydrogens is 421 g/mol.